The monoisotopic (exact) mass is 442 g/mol. The molecule has 0 bridgehead atoms. The lowest BCUT2D eigenvalue weighted by Crippen LogP contribution is -2.36. The van der Waals surface area contributed by atoms with Crippen LogP contribution in [0.3, 0.4) is 0 Å². The van der Waals surface area contributed by atoms with E-state index in [9.17, 15) is 0 Å². The fourth-order valence-corrected chi connectivity index (χ4v) is 5.28. The molecule has 1 fully saturated rings. The maximum atomic E-state index is 5.93. The first-order valence-corrected chi connectivity index (χ1v) is 12.7. The smallest absolute Gasteiger partial charge is 0.127 e. The molecule has 1 heterocycles. The number of pyridine rings is 1. The fraction of sp³-hybridized carbons (Fsp3) is 0.433. The molecule has 0 atom stereocenters. The van der Waals surface area contributed by atoms with Crippen LogP contribution in [0.1, 0.15) is 68.2 Å². The first-order chi connectivity index (χ1) is 16.2. The number of aryl methyl sites for hydroxylation is 2. The molecular formula is C30H38N2O. The number of hydrogen-bond acceptors (Lipinski definition) is 3. The molecule has 1 aliphatic carbocycles. The predicted molar refractivity (Wildman–Crippen MR) is 138 cm³/mol. The van der Waals surface area contributed by atoms with E-state index < -0.39 is 0 Å². The van der Waals surface area contributed by atoms with Crippen LogP contribution in [0.15, 0.2) is 60.8 Å². The third kappa shape index (κ3) is 5.65. The van der Waals surface area contributed by atoms with E-state index in [0.29, 0.717) is 6.04 Å². The molecule has 3 nitrogen and oxygen atoms in total. The lowest BCUT2D eigenvalue weighted by molar-refractivity contribution is 0.138. The fourth-order valence-electron chi connectivity index (χ4n) is 5.28. The van der Waals surface area contributed by atoms with E-state index in [0.717, 1.165) is 37.4 Å². The van der Waals surface area contributed by atoms with E-state index in [1.807, 2.05) is 0 Å². The van der Waals surface area contributed by atoms with Crippen molar-refractivity contribution >= 4 is 0 Å². The van der Waals surface area contributed by atoms with Crippen LogP contribution in [0, 0.1) is 0 Å². The van der Waals surface area contributed by atoms with E-state index >= 15 is 0 Å². The maximum absolute atomic E-state index is 5.93. The second-order valence-electron chi connectivity index (χ2n) is 9.22. The molecule has 4 rings (SSSR count). The number of methoxy groups -OCH3 is 1. The van der Waals surface area contributed by atoms with Crippen LogP contribution in [-0.4, -0.2) is 23.0 Å². The van der Waals surface area contributed by atoms with Gasteiger partial charge in [-0.1, -0.05) is 81.6 Å². The van der Waals surface area contributed by atoms with Crippen molar-refractivity contribution in [1.29, 1.82) is 0 Å². The minimum absolute atomic E-state index is 0.621. The molecule has 0 radical (unpaired) electrons. The quantitative estimate of drug-likeness (QED) is 0.350. The zero-order valence-electron chi connectivity index (χ0n) is 20.5. The van der Waals surface area contributed by atoms with Crippen molar-refractivity contribution < 1.29 is 4.74 Å². The van der Waals surface area contributed by atoms with Crippen molar-refractivity contribution in [2.45, 2.75) is 77.9 Å². The number of hydrogen-bond donors (Lipinski definition) is 0. The zero-order chi connectivity index (χ0) is 23.0. The lowest BCUT2D eigenvalue weighted by atomic mass is 9.93. The largest absolute Gasteiger partial charge is 0.496 e. The van der Waals surface area contributed by atoms with Gasteiger partial charge in [-0.2, -0.15) is 0 Å². The topological polar surface area (TPSA) is 25.4 Å². The second kappa shape index (κ2) is 11.5. The van der Waals surface area contributed by atoms with Crippen LogP contribution >= 0.6 is 0 Å². The van der Waals surface area contributed by atoms with Gasteiger partial charge >= 0.3 is 0 Å². The highest BCUT2D eigenvalue weighted by Gasteiger charge is 2.23. The Hall–Kier alpha value is -2.65. The Kier molecular flexibility index (Phi) is 8.17. The van der Waals surface area contributed by atoms with Gasteiger partial charge in [-0.25, -0.2) is 0 Å². The van der Waals surface area contributed by atoms with E-state index in [4.69, 9.17) is 9.72 Å². The maximum Gasteiger partial charge on any atom is 0.127 e. The number of aromatic nitrogens is 1. The van der Waals surface area contributed by atoms with E-state index in [1.54, 1.807) is 7.11 Å². The molecule has 3 heteroatoms. The minimum atomic E-state index is 0.621. The standard InChI is InChI=1S/C30H38N2O/c1-4-24-15-12-16-25(5-2)30(24)28-19-29(33-3)26(20-31-28)22-32(27-17-10-7-11-18-27)21-23-13-8-6-9-14-23/h6,8-9,12-16,19-20,27H,4-5,7,10-11,17-18,21-22H2,1-3H3. The van der Waals surface area contributed by atoms with Gasteiger partial charge in [0.1, 0.15) is 5.75 Å². The predicted octanol–water partition coefficient (Wildman–Crippen LogP) is 7.22. The van der Waals surface area contributed by atoms with Gasteiger partial charge in [0.2, 0.25) is 0 Å². The molecule has 33 heavy (non-hydrogen) atoms. The summed E-state index contributed by atoms with van der Waals surface area (Å²) in [7, 11) is 1.79. The zero-order valence-corrected chi connectivity index (χ0v) is 20.5. The van der Waals surface area contributed by atoms with Gasteiger partial charge in [-0.05, 0) is 42.4 Å². The van der Waals surface area contributed by atoms with E-state index in [-0.39, 0.29) is 0 Å². The summed E-state index contributed by atoms with van der Waals surface area (Å²) in [6, 6.07) is 20.2. The summed E-state index contributed by atoms with van der Waals surface area (Å²) in [6.07, 6.45) is 10.7. The van der Waals surface area contributed by atoms with Crippen molar-refractivity contribution in [3.05, 3.63) is 83.0 Å². The van der Waals surface area contributed by atoms with Crippen LogP contribution in [0.25, 0.3) is 11.3 Å². The lowest BCUT2D eigenvalue weighted by Gasteiger charge is -2.34. The Labute approximate surface area is 199 Å². The van der Waals surface area contributed by atoms with Crippen LogP contribution in [0.5, 0.6) is 5.75 Å². The highest BCUT2D eigenvalue weighted by molar-refractivity contribution is 5.69. The molecule has 1 saturated carbocycles. The third-order valence-electron chi connectivity index (χ3n) is 7.11. The van der Waals surface area contributed by atoms with Gasteiger partial charge in [-0.15, -0.1) is 0 Å². The Morgan fingerprint density at radius 1 is 0.848 bits per heavy atom. The molecule has 3 aromatic rings. The molecule has 0 aliphatic heterocycles. The molecule has 0 spiro atoms. The normalized spacial score (nSPS) is 14.5. The molecule has 2 aromatic carbocycles. The summed E-state index contributed by atoms with van der Waals surface area (Å²) in [5, 5.41) is 0. The molecule has 1 aliphatic rings. The van der Waals surface area contributed by atoms with Gasteiger partial charge in [0, 0.05) is 42.5 Å². The highest BCUT2D eigenvalue weighted by Crippen LogP contribution is 2.33. The van der Waals surface area contributed by atoms with Gasteiger partial charge in [0.05, 0.1) is 12.8 Å². The Morgan fingerprint density at radius 2 is 1.55 bits per heavy atom. The van der Waals surface area contributed by atoms with E-state index in [1.165, 1.54) is 59.9 Å². The van der Waals surface area contributed by atoms with E-state index in [2.05, 4.69) is 79.5 Å². The summed E-state index contributed by atoms with van der Waals surface area (Å²) in [5.41, 5.74) is 7.55. The Morgan fingerprint density at radius 3 is 2.18 bits per heavy atom. The molecule has 0 N–H and O–H groups in total. The molecule has 174 valence electrons. The molecule has 0 amide bonds. The van der Waals surface area contributed by atoms with Crippen molar-refractivity contribution in [2.75, 3.05) is 7.11 Å². The third-order valence-corrected chi connectivity index (χ3v) is 7.11. The van der Waals surface area contributed by atoms with Crippen LogP contribution in [-0.2, 0) is 25.9 Å². The van der Waals surface area contributed by atoms with Crippen LogP contribution in [0.4, 0.5) is 0 Å². The number of rotatable bonds is 9. The summed E-state index contributed by atoms with van der Waals surface area (Å²) in [6.45, 7) is 6.27. The minimum Gasteiger partial charge on any atom is -0.496 e. The van der Waals surface area contributed by atoms with Crippen LogP contribution < -0.4 is 4.74 Å². The summed E-state index contributed by atoms with van der Waals surface area (Å²) in [4.78, 5) is 7.62. The summed E-state index contributed by atoms with van der Waals surface area (Å²) >= 11 is 0. The average molecular weight is 443 g/mol. The molecule has 0 unspecified atom stereocenters. The van der Waals surface area contributed by atoms with Gasteiger partial charge < -0.3 is 4.74 Å². The molecule has 0 saturated heterocycles. The average Bonchev–Trinajstić information content (AvgIpc) is 2.89. The van der Waals surface area contributed by atoms with Crippen molar-refractivity contribution in [3.8, 4) is 17.0 Å². The summed E-state index contributed by atoms with van der Waals surface area (Å²) in [5.74, 6) is 0.946. The molecule has 1 aromatic heterocycles. The van der Waals surface area contributed by atoms with Crippen LogP contribution in [0.2, 0.25) is 0 Å². The SMILES string of the molecule is CCc1cccc(CC)c1-c1cc(OC)c(CN(Cc2ccccc2)C2CCCCC2)cn1. The molecular weight excluding hydrogens is 404 g/mol. The van der Waals surface area contributed by atoms with Crippen molar-refractivity contribution in [3.63, 3.8) is 0 Å². The van der Waals surface area contributed by atoms with Gasteiger partial charge in [-0.3, -0.25) is 9.88 Å². The number of ether oxygens (including phenoxy) is 1. The number of nitrogens with zero attached hydrogens (tertiary/aromatic N) is 2. The Balaban J connectivity index is 1.65. The van der Waals surface area contributed by atoms with Gasteiger partial charge in [0.15, 0.2) is 0 Å². The highest BCUT2D eigenvalue weighted by atomic mass is 16.5. The first-order valence-electron chi connectivity index (χ1n) is 12.7. The summed E-state index contributed by atoms with van der Waals surface area (Å²) < 4.78 is 5.93. The van der Waals surface area contributed by atoms with Crippen molar-refractivity contribution in [2.24, 2.45) is 0 Å². The van der Waals surface area contributed by atoms with Gasteiger partial charge in [0.25, 0.3) is 0 Å². The second-order valence-corrected chi connectivity index (χ2v) is 9.22. The first kappa shape index (κ1) is 23.5. The van der Waals surface area contributed by atoms with Crippen molar-refractivity contribution in [1.82, 2.24) is 9.88 Å². The Bertz CT molecular complexity index is 1000. The number of benzene rings is 2.